The lowest BCUT2D eigenvalue weighted by molar-refractivity contribution is -0.385. The maximum absolute atomic E-state index is 13.7. The van der Waals surface area contributed by atoms with E-state index in [0.29, 0.717) is 13.1 Å². The maximum atomic E-state index is 13.7. The molecule has 1 aliphatic rings. The number of non-ortho nitro benzene ring substituents is 1. The van der Waals surface area contributed by atoms with E-state index >= 15 is 0 Å². The highest BCUT2D eigenvalue weighted by Crippen LogP contribution is 2.24. The van der Waals surface area contributed by atoms with Crippen molar-refractivity contribution in [3.63, 3.8) is 0 Å². The van der Waals surface area contributed by atoms with E-state index in [0.717, 1.165) is 22.5 Å². The molecule has 0 radical (unpaired) electrons. The Hall–Kier alpha value is -1.58. The van der Waals surface area contributed by atoms with Crippen LogP contribution in [-0.2, 0) is 10.0 Å². The van der Waals surface area contributed by atoms with Crippen molar-refractivity contribution in [3.05, 3.63) is 34.1 Å². The number of hydrogen-bond acceptors (Lipinski definition) is 5. The summed E-state index contributed by atoms with van der Waals surface area (Å²) in [5, 5.41) is 10.7. The summed E-state index contributed by atoms with van der Waals surface area (Å²) >= 11 is 0. The minimum absolute atomic E-state index is 0.237. The smallest absolute Gasteiger partial charge is 0.270 e. The summed E-state index contributed by atoms with van der Waals surface area (Å²) in [5.74, 6) is -0.977. The van der Waals surface area contributed by atoms with Gasteiger partial charge in [-0.1, -0.05) is 0 Å². The van der Waals surface area contributed by atoms with Gasteiger partial charge in [-0.25, -0.2) is 12.8 Å². The molecule has 0 unspecified atom stereocenters. The van der Waals surface area contributed by atoms with Crippen LogP contribution in [0.2, 0.25) is 0 Å². The molecule has 0 aliphatic carbocycles. The minimum Gasteiger partial charge on any atom is -0.304 e. The number of hydrogen-bond donors (Lipinski definition) is 0. The SMILES string of the molecule is CN1CCN(S(=O)(=O)c2cc([N+](=O)[O-])ccc2F)CC1. The van der Waals surface area contributed by atoms with Gasteiger partial charge in [0.25, 0.3) is 5.69 Å². The molecule has 1 heterocycles. The van der Waals surface area contributed by atoms with Gasteiger partial charge < -0.3 is 4.90 Å². The van der Waals surface area contributed by atoms with Crippen molar-refractivity contribution in [2.75, 3.05) is 33.2 Å². The first-order valence-corrected chi connectivity index (χ1v) is 7.39. The fourth-order valence-electron chi connectivity index (χ4n) is 1.97. The van der Waals surface area contributed by atoms with Gasteiger partial charge >= 0.3 is 0 Å². The van der Waals surface area contributed by atoms with Crippen LogP contribution < -0.4 is 0 Å². The van der Waals surface area contributed by atoms with Crippen LogP contribution in [0.3, 0.4) is 0 Å². The molecule has 0 N–H and O–H groups in total. The lowest BCUT2D eigenvalue weighted by Gasteiger charge is -2.31. The summed E-state index contributed by atoms with van der Waals surface area (Å²) in [6, 6.07) is 2.52. The molecule has 0 bridgehead atoms. The molecule has 9 heteroatoms. The Morgan fingerprint density at radius 2 is 1.85 bits per heavy atom. The monoisotopic (exact) mass is 303 g/mol. The van der Waals surface area contributed by atoms with Crippen LogP contribution in [0.15, 0.2) is 23.1 Å². The second-order valence-corrected chi connectivity index (χ2v) is 6.49. The second-order valence-electron chi connectivity index (χ2n) is 4.58. The number of nitro groups is 1. The Labute approximate surface area is 115 Å². The maximum Gasteiger partial charge on any atom is 0.270 e. The standard InChI is InChI=1S/C11H14FN3O4S/c1-13-4-6-14(7-5-13)20(18,19)11-8-9(15(16)17)2-3-10(11)12/h2-3,8H,4-7H2,1H3. The minimum atomic E-state index is -4.04. The molecule has 1 aromatic carbocycles. The molecule has 0 amide bonds. The van der Waals surface area contributed by atoms with Crippen molar-refractivity contribution in [1.82, 2.24) is 9.21 Å². The average molecular weight is 303 g/mol. The summed E-state index contributed by atoms with van der Waals surface area (Å²) in [6.07, 6.45) is 0. The number of nitro benzene ring substituents is 1. The van der Waals surface area contributed by atoms with Crippen molar-refractivity contribution < 1.29 is 17.7 Å². The van der Waals surface area contributed by atoms with E-state index in [2.05, 4.69) is 0 Å². The molecule has 0 saturated carbocycles. The van der Waals surface area contributed by atoms with E-state index < -0.39 is 31.3 Å². The van der Waals surface area contributed by atoms with E-state index in [1.54, 1.807) is 0 Å². The van der Waals surface area contributed by atoms with Crippen LogP contribution in [-0.4, -0.2) is 55.8 Å². The second kappa shape index (κ2) is 5.43. The van der Waals surface area contributed by atoms with Crippen molar-refractivity contribution in [3.8, 4) is 0 Å². The van der Waals surface area contributed by atoms with Gasteiger partial charge in [0.05, 0.1) is 4.92 Å². The first-order chi connectivity index (χ1) is 9.32. The molecule has 0 aromatic heterocycles. The van der Waals surface area contributed by atoms with Gasteiger partial charge in [-0.3, -0.25) is 10.1 Å². The summed E-state index contributed by atoms with van der Waals surface area (Å²) in [4.78, 5) is 11.2. The van der Waals surface area contributed by atoms with Crippen LogP contribution in [0.1, 0.15) is 0 Å². The molecule has 1 fully saturated rings. The summed E-state index contributed by atoms with van der Waals surface area (Å²) < 4.78 is 39.5. The van der Waals surface area contributed by atoms with Crippen LogP contribution in [0.5, 0.6) is 0 Å². The highest BCUT2D eigenvalue weighted by Gasteiger charge is 2.31. The molecule has 1 saturated heterocycles. The Bertz CT molecular complexity index is 627. The summed E-state index contributed by atoms with van der Waals surface area (Å²) in [6.45, 7) is 1.55. The fourth-order valence-corrected chi connectivity index (χ4v) is 3.48. The first kappa shape index (κ1) is 14.8. The third-order valence-electron chi connectivity index (χ3n) is 3.21. The zero-order valence-corrected chi connectivity index (χ0v) is 11.6. The normalized spacial score (nSPS) is 18.1. The number of likely N-dealkylation sites (N-methyl/N-ethyl adjacent to an activating group) is 1. The topological polar surface area (TPSA) is 83.8 Å². The van der Waals surface area contributed by atoms with Crippen LogP contribution >= 0.6 is 0 Å². The van der Waals surface area contributed by atoms with Crippen molar-refractivity contribution in [2.24, 2.45) is 0 Å². The lowest BCUT2D eigenvalue weighted by Crippen LogP contribution is -2.47. The molecule has 0 atom stereocenters. The predicted molar refractivity (Wildman–Crippen MR) is 69.3 cm³/mol. The zero-order chi connectivity index (χ0) is 14.9. The molecule has 7 nitrogen and oxygen atoms in total. The van der Waals surface area contributed by atoms with Gasteiger partial charge in [-0.15, -0.1) is 0 Å². The number of benzene rings is 1. The predicted octanol–water partition coefficient (Wildman–Crippen LogP) is 0.670. The fraction of sp³-hybridized carbons (Fsp3) is 0.455. The van der Waals surface area contributed by atoms with Crippen LogP contribution in [0.4, 0.5) is 10.1 Å². The van der Waals surface area contributed by atoms with Gasteiger partial charge in [0, 0.05) is 38.3 Å². The molecule has 1 aliphatic heterocycles. The Morgan fingerprint density at radius 1 is 1.25 bits per heavy atom. The third kappa shape index (κ3) is 2.79. The van der Waals surface area contributed by atoms with Crippen molar-refractivity contribution >= 4 is 15.7 Å². The summed E-state index contributed by atoms with van der Waals surface area (Å²) in [7, 11) is -2.19. The summed E-state index contributed by atoms with van der Waals surface area (Å²) in [5.41, 5.74) is -0.445. The molecule has 110 valence electrons. The van der Waals surface area contributed by atoms with Crippen molar-refractivity contribution in [2.45, 2.75) is 4.90 Å². The molecule has 20 heavy (non-hydrogen) atoms. The van der Waals surface area contributed by atoms with Crippen LogP contribution in [0, 0.1) is 15.9 Å². The number of piperazine rings is 1. The molecular formula is C11H14FN3O4S. The van der Waals surface area contributed by atoms with E-state index in [1.165, 1.54) is 0 Å². The Morgan fingerprint density at radius 3 is 2.40 bits per heavy atom. The van der Waals surface area contributed by atoms with Crippen LogP contribution in [0.25, 0.3) is 0 Å². The van der Waals surface area contributed by atoms with Gasteiger partial charge in [-0.05, 0) is 13.1 Å². The van der Waals surface area contributed by atoms with Crippen molar-refractivity contribution in [1.29, 1.82) is 0 Å². The molecule has 2 rings (SSSR count). The lowest BCUT2D eigenvalue weighted by atomic mass is 10.3. The molecule has 1 aromatic rings. The van der Waals surface area contributed by atoms with Gasteiger partial charge in [0.2, 0.25) is 10.0 Å². The number of rotatable bonds is 3. The van der Waals surface area contributed by atoms with E-state index in [1.807, 2.05) is 11.9 Å². The zero-order valence-electron chi connectivity index (χ0n) is 10.8. The highest BCUT2D eigenvalue weighted by molar-refractivity contribution is 7.89. The number of halogens is 1. The number of nitrogens with zero attached hydrogens (tertiary/aromatic N) is 3. The molecule has 0 spiro atoms. The van der Waals surface area contributed by atoms with E-state index in [9.17, 15) is 22.9 Å². The van der Waals surface area contributed by atoms with Gasteiger partial charge in [-0.2, -0.15) is 4.31 Å². The van der Waals surface area contributed by atoms with E-state index in [4.69, 9.17) is 0 Å². The average Bonchev–Trinajstić information content (AvgIpc) is 2.39. The first-order valence-electron chi connectivity index (χ1n) is 5.95. The largest absolute Gasteiger partial charge is 0.304 e. The molecular weight excluding hydrogens is 289 g/mol. The van der Waals surface area contributed by atoms with E-state index in [-0.39, 0.29) is 13.1 Å². The Kier molecular flexibility index (Phi) is 4.02. The van der Waals surface area contributed by atoms with Gasteiger partial charge in [0.15, 0.2) is 0 Å². The quantitative estimate of drug-likeness (QED) is 0.605. The van der Waals surface area contributed by atoms with Gasteiger partial charge in [0.1, 0.15) is 10.7 Å². The number of sulfonamides is 1. The third-order valence-corrected chi connectivity index (χ3v) is 5.12. The Balaban J connectivity index is 2.38. The highest BCUT2D eigenvalue weighted by atomic mass is 32.2.